The quantitative estimate of drug-likeness (QED) is 0.567. The third-order valence-corrected chi connectivity index (χ3v) is 1.56. The SMILES string of the molecule is CC(C)CN=C(N)NC(C)CC(F)(F)F. The number of hydrogen-bond acceptors (Lipinski definition) is 1. The van der Waals surface area contributed by atoms with Crippen LogP contribution in [-0.2, 0) is 0 Å². The van der Waals surface area contributed by atoms with Crippen molar-refractivity contribution in [3.8, 4) is 0 Å². The molecule has 0 saturated carbocycles. The van der Waals surface area contributed by atoms with E-state index in [1.165, 1.54) is 6.92 Å². The Morgan fingerprint density at radius 1 is 1.33 bits per heavy atom. The van der Waals surface area contributed by atoms with Gasteiger partial charge in [0, 0.05) is 12.6 Å². The van der Waals surface area contributed by atoms with Crippen LogP contribution in [-0.4, -0.2) is 24.7 Å². The maximum atomic E-state index is 11.9. The highest BCUT2D eigenvalue weighted by molar-refractivity contribution is 5.78. The molecule has 0 fully saturated rings. The Labute approximate surface area is 87.9 Å². The zero-order chi connectivity index (χ0) is 12.1. The molecule has 0 spiro atoms. The molecule has 0 aromatic heterocycles. The van der Waals surface area contributed by atoms with Crippen LogP contribution < -0.4 is 11.1 Å². The number of alkyl halides is 3. The largest absolute Gasteiger partial charge is 0.391 e. The molecule has 0 aliphatic carbocycles. The van der Waals surface area contributed by atoms with Gasteiger partial charge in [-0.05, 0) is 12.8 Å². The standard InChI is InChI=1S/C9H18F3N3/c1-6(2)5-14-8(13)15-7(3)4-9(10,11)12/h6-7H,4-5H2,1-3H3,(H3,13,14,15). The van der Waals surface area contributed by atoms with Gasteiger partial charge < -0.3 is 11.1 Å². The summed E-state index contributed by atoms with van der Waals surface area (Å²) < 4.78 is 35.8. The third kappa shape index (κ3) is 9.37. The van der Waals surface area contributed by atoms with Gasteiger partial charge in [0.2, 0.25) is 0 Å². The first kappa shape index (κ1) is 14.1. The second-order valence-corrected chi connectivity index (χ2v) is 3.98. The van der Waals surface area contributed by atoms with E-state index in [9.17, 15) is 13.2 Å². The Balaban J connectivity index is 3.96. The van der Waals surface area contributed by atoms with Crippen molar-refractivity contribution >= 4 is 5.96 Å². The van der Waals surface area contributed by atoms with Crippen LogP contribution >= 0.6 is 0 Å². The van der Waals surface area contributed by atoms with Crippen molar-refractivity contribution in [2.75, 3.05) is 6.54 Å². The zero-order valence-electron chi connectivity index (χ0n) is 9.23. The molecule has 0 bridgehead atoms. The molecule has 0 aliphatic heterocycles. The first-order chi connectivity index (χ1) is 6.70. The van der Waals surface area contributed by atoms with Crippen LogP contribution in [0, 0.1) is 5.92 Å². The second-order valence-electron chi connectivity index (χ2n) is 3.98. The zero-order valence-corrected chi connectivity index (χ0v) is 9.23. The fraction of sp³-hybridized carbons (Fsp3) is 0.889. The number of nitrogens with zero attached hydrogens (tertiary/aromatic N) is 1. The lowest BCUT2D eigenvalue weighted by Gasteiger charge is -2.16. The summed E-state index contributed by atoms with van der Waals surface area (Å²) in [7, 11) is 0. The summed E-state index contributed by atoms with van der Waals surface area (Å²) in [4.78, 5) is 3.91. The van der Waals surface area contributed by atoms with Crippen LogP contribution in [0.25, 0.3) is 0 Å². The molecule has 1 atom stereocenters. The number of halogens is 3. The molecule has 0 saturated heterocycles. The summed E-state index contributed by atoms with van der Waals surface area (Å²) in [6.07, 6.45) is -5.09. The number of nitrogens with two attached hydrogens (primary N) is 1. The van der Waals surface area contributed by atoms with E-state index in [1.54, 1.807) is 0 Å². The Kier molecular flexibility index (Phi) is 5.46. The number of nitrogens with one attached hydrogen (secondary N) is 1. The highest BCUT2D eigenvalue weighted by Crippen LogP contribution is 2.21. The van der Waals surface area contributed by atoms with Crippen molar-refractivity contribution in [1.29, 1.82) is 0 Å². The molecular weight excluding hydrogens is 207 g/mol. The molecule has 3 N–H and O–H groups in total. The highest BCUT2D eigenvalue weighted by atomic mass is 19.4. The monoisotopic (exact) mass is 225 g/mol. The molecule has 0 aliphatic rings. The van der Waals surface area contributed by atoms with Gasteiger partial charge in [0.05, 0.1) is 6.42 Å². The van der Waals surface area contributed by atoms with Crippen LogP contribution in [0.1, 0.15) is 27.2 Å². The van der Waals surface area contributed by atoms with E-state index in [0.717, 1.165) is 0 Å². The molecule has 0 rings (SSSR count). The van der Waals surface area contributed by atoms with E-state index >= 15 is 0 Å². The van der Waals surface area contributed by atoms with Gasteiger partial charge in [0.15, 0.2) is 5.96 Å². The van der Waals surface area contributed by atoms with Crippen LogP contribution in [0.2, 0.25) is 0 Å². The minimum Gasteiger partial charge on any atom is -0.370 e. The van der Waals surface area contributed by atoms with Gasteiger partial charge in [-0.25, -0.2) is 0 Å². The fourth-order valence-corrected chi connectivity index (χ4v) is 0.977. The van der Waals surface area contributed by atoms with Crippen LogP contribution in [0.3, 0.4) is 0 Å². The minimum absolute atomic E-state index is 0.0699. The van der Waals surface area contributed by atoms with Gasteiger partial charge in [-0.3, -0.25) is 4.99 Å². The van der Waals surface area contributed by atoms with Crippen molar-refractivity contribution in [2.24, 2.45) is 16.6 Å². The van der Waals surface area contributed by atoms with E-state index in [-0.39, 0.29) is 5.96 Å². The van der Waals surface area contributed by atoms with Crippen LogP contribution in [0.15, 0.2) is 4.99 Å². The number of rotatable bonds is 4. The van der Waals surface area contributed by atoms with Gasteiger partial charge in [-0.1, -0.05) is 13.8 Å². The molecular formula is C9H18F3N3. The number of guanidine groups is 1. The van der Waals surface area contributed by atoms with Gasteiger partial charge >= 0.3 is 6.18 Å². The molecule has 0 heterocycles. The Morgan fingerprint density at radius 3 is 2.27 bits per heavy atom. The molecule has 0 radical (unpaired) electrons. The molecule has 15 heavy (non-hydrogen) atoms. The topological polar surface area (TPSA) is 50.4 Å². The minimum atomic E-state index is -4.18. The van der Waals surface area contributed by atoms with Crippen molar-refractivity contribution in [1.82, 2.24) is 5.32 Å². The van der Waals surface area contributed by atoms with Crippen LogP contribution in [0.5, 0.6) is 0 Å². The van der Waals surface area contributed by atoms with E-state index < -0.39 is 18.6 Å². The molecule has 0 amide bonds. The summed E-state index contributed by atoms with van der Waals surface area (Å²) in [5.41, 5.74) is 5.41. The second kappa shape index (κ2) is 5.82. The average Bonchev–Trinajstić information content (AvgIpc) is 1.96. The van der Waals surface area contributed by atoms with E-state index in [0.29, 0.717) is 12.5 Å². The maximum absolute atomic E-state index is 11.9. The summed E-state index contributed by atoms with van der Waals surface area (Å²) in [6.45, 7) is 5.84. The predicted molar refractivity (Wildman–Crippen MR) is 54.6 cm³/mol. The smallest absolute Gasteiger partial charge is 0.370 e. The van der Waals surface area contributed by atoms with Gasteiger partial charge in [0.25, 0.3) is 0 Å². The molecule has 0 aromatic rings. The van der Waals surface area contributed by atoms with Gasteiger partial charge in [-0.15, -0.1) is 0 Å². The molecule has 0 aromatic carbocycles. The number of hydrogen-bond donors (Lipinski definition) is 2. The van der Waals surface area contributed by atoms with Gasteiger partial charge in [0.1, 0.15) is 0 Å². The Bertz CT molecular complexity index is 211. The molecule has 3 nitrogen and oxygen atoms in total. The Hall–Kier alpha value is -0.940. The fourth-order valence-electron chi connectivity index (χ4n) is 0.977. The normalized spacial score (nSPS) is 15.5. The first-order valence-electron chi connectivity index (χ1n) is 4.84. The van der Waals surface area contributed by atoms with E-state index in [1.807, 2.05) is 13.8 Å². The summed E-state index contributed by atoms with van der Waals surface area (Å²) in [6, 6.07) is -0.749. The number of aliphatic imine (C=N–C) groups is 1. The lowest BCUT2D eigenvalue weighted by molar-refractivity contribution is -0.138. The first-order valence-corrected chi connectivity index (χ1v) is 4.84. The molecule has 6 heteroatoms. The molecule has 1 unspecified atom stereocenters. The average molecular weight is 225 g/mol. The van der Waals surface area contributed by atoms with Crippen molar-refractivity contribution in [3.05, 3.63) is 0 Å². The summed E-state index contributed by atoms with van der Waals surface area (Å²) in [5.74, 6) is 0.406. The maximum Gasteiger partial charge on any atom is 0.391 e. The summed E-state index contributed by atoms with van der Waals surface area (Å²) >= 11 is 0. The van der Waals surface area contributed by atoms with E-state index in [2.05, 4.69) is 10.3 Å². The predicted octanol–water partition coefficient (Wildman–Crippen LogP) is 1.89. The van der Waals surface area contributed by atoms with Crippen LogP contribution in [0.4, 0.5) is 13.2 Å². The third-order valence-electron chi connectivity index (χ3n) is 1.56. The van der Waals surface area contributed by atoms with Crippen molar-refractivity contribution in [3.63, 3.8) is 0 Å². The summed E-state index contributed by atoms with van der Waals surface area (Å²) in [5, 5.41) is 2.50. The van der Waals surface area contributed by atoms with E-state index in [4.69, 9.17) is 5.73 Å². The van der Waals surface area contributed by atoms with Crippen molar-refractivity contribution in [2.45, 2.75) is 39.4 Å². The lowest BCUT2D eigenvalue weighted by atomic mass is 10.2. The van der Waals surface area contributed by atoms with Gasteiger partial charge in [-0.2, -0.15) is 13.2 Å². The van der Waals surface area contributed by atoms with Crippen molar-refractivity contribution < 1.29 is 13.2 Å². The molecule has 90 valence electrons. The highest BCUT2D eigenvalue weighted by Gasteiger charge is 2.30. The lowest BCUT2D eigenvalue weighted by Crippen LogP contribution is -2.40. The Morgan fingerprint density at radius 2 is 1.87 bits per heavy atom.